The highest BCUT2D eigenvalue weighted by molar-refractivity contribution is 5.80. The van der Waals surface area contributed by atoms with E-state index in [1.165, 1.54) is 0 Å². The Morgan fingerprint density at radius 2 is 2.50 bits per heavy atom. The van der Waals surface area contributed by atoms with Crippen LogP contribution in [0.5, 0.6) is 0 Å². The number of carbonyl (C=O) groups is 1. The van der Waals surface area contributed by atoms with Crippen molar-refractivity contribution in [2.45, 2.75) is 12.5 Å². The molecule has 0 radical (unpaired) electrons. The second-order valence-corrected chi connectivity index (χ2v) is 1.66. The van der Waals surface area contributed by atoms with Gasteiger partial charge in [0.25, 0.3) is 5.91 Å². The number of rotatable bonds is 1. The Balaban J connectivity index is 2.24. The molecule has 0 spiro atoms. The van der Waals surface area contributed by atoms with E-state index in [-0.39, 0.29) is 12.0 Å². The van der Waals surface area contributed by atoms with Crippen molar-refractivity contribution in [1.82, 2.24) is 5.43 Å². The van der Waals surface area contributed by atoms with Crippen LogP contribution in [0.15, 0.2) is 0 Å². The molecule has 1 heterocycles. The third kappa shape index (κ3) is 0.801. The number of nitrogens with two attached hydrogens (primary N) is 1. The molecule has 0 aromatic rings. The molecule has 1 fully saturated rings. The van der Waals surface area contributed by atoms with E-state index in [4.69, 9.17) is 10.6 Å². The second-order valence-electron chi connectivity index (χ2n) is 1.66. The summed E-state index contributed by atoms with van der Waals surface area (Å²) in [6.07, 6.45) is 0.517. The normalized spacial score (nSPS) is 26.4. The van der Waals surface area contributed by atoms with Crippen LogP contribution in [0.2, 0.25) is 0 Å². The standard InChI is InChI=1S/C4H8N2O2/c5-6-4(7)3-1-2-8-3/h3H,1-2,5H2,(H,6,7). The molecule has 1 rings (SSSR count). The summed E-state index contributed by atoms with van der Waals surface area (Å²) in [7, 11) is 0. The molecule has 1 saturated heterocycles. The monoisotopic (exact) mass is 116 g/mol. The van der Waals surface area contributed by atoms with Gasteiger partial charge in [-0.05, 0) is 0 Å². The molecule has 0 saturated carbocycles. The van der Waals surface area contributed by atoms with Crippen molar-refractivity contribution < 1.29 is 9.53 Å². The third-order valence-electron chi connectivity index (χ3n) is 1.13. The van der Waals surface area contributed by atoms with Crippen molar-refractivity contribution in [3.63, 3.8) is 0 Å². The first-order valence-corrected chi connectivity index (χ1v) is 2.46. The average molecular weight is 116 g/mol. The zero-order valence-electron chi connectivity index (χ0n) is 4.39. The Kier molecular flexibility index (Phi) is 1.45. The van der Waals surface area contributed by atoms with Crippen LogP contribution in [0.4, 0.5) is 0 Å². The molecule has 4 heteroatoms. The number of carbonyl (C=O) groups excluding carboxylic acids is 1. The molecule has 1 aliphatic rings. The number of hydrogen-bond acceptors (Lipinski definition) is 3. The van der Waals surface area contributed by atoms with Gasteiger partial charge in [0.15, 0.2) is 0 Å². The molecule has 46 valence electrons. The lowest BCUT2D eigenvalue weighted by Gasteiger charge is -2.23. The fraction of sp³-hybridized carbons (Fsp3) is 0.750. The highest BCUT2D eigenvalue weighted by Crippen LogP contribution is 2.09. The summed E-state index contributed by atoms with van der Waals surface area (Å²) in [5, 5.41) is 0. The summed E-state index contributed by atoms with van der Waals surface area (Å²) in [5.41, 5.74) is 2.00. The van der Waals surface area contributed by atoms with Gasteiger partial charge in [0.2, 0.25) is 0 Å². The minimum Gasteiger partial charge on any atom is -0.368 e. The van der Waals surface area contributed by atoms with Crippen LogP contribution in [0.1, 0.15) is 6.42 Å². The minimum absolute atomic E-state index is 0.226. The zero-order valence-corrected chi connectivity index (χ0v) is 4.39. The van der Waals surface area contributed by atoms with Crippen molar-refractivity contribution >= 4 is 5.91 Å². The van der Waals surface area contributed by atoms with Gasteiger partial charge < -0.3 is 4.74 Å². The number of nitrogens with one attached hydrogen (secondary N) is 1. The molecule has 1 unspecified atom stereocenters. The smallest absolute Gasteiger partial charge is 0.263 e. The van der Waals surface area contributed by atoms with E-state index in [1.54, 1.807) is 0 Å². The predicted octanol–water partition coefficient (Wildman–Crippen LogP) is -1.23. The lowest BCUT2D eigenvalue weighted by atomic mass is 10.2. The van der Waals surface area contributed by atoms with E-state index < -0.39 is 0 Å². The van der Waals surface area contributed by atoms with E-state index in [1.807, 2.05) is 5.43 Å². The number of hydrazine groups is 1. The molecule has 3 N–H and O–H groups in total. The van der Waals surface area contributed by atoms with Crippen molar-refractivity contribution in [3.05, 3.63) is 0 Å². The summed E-state index contributed by atoms with van der Waals surface area (Å²) >= 11 is 0. The van der Waals surface area contributed by atoms with Crippen LogP contribution in [0, 0.1) is 0 Å². The molecule has 8 heavy (non-hydrogen) atoms. The van der Waals surface area contributed by atoms with Crippen LogP contribution < -0.4 is 11.3 Å². The zero-order chi connectivity index (χ0) is 5.98. The maximum absolute atomic E-state index is 10.4. The molecule has 4 nitrogen and oxygen atoms in total. The van der Waals surface area contributed by atoms with Gasteiger partial charge in [-0.2, -0.15) is 0 Å². The fourth-order valence-corrected chi connectivity index (χ4v) is 0.535. The molecule has 1 amide bonds. The molecular weight excluding hydrogens is 108 g/mol. The fourth-order valence-electron chi connectivity index (χ4n) is 0.535. The largest absolute Gasteiger partial charge is 0.368 e. The minimum atomic E-state index is -0.278. The summed E-state index contributed by atoms with van der Waals surface area (Å²) in [4.78, 5) is 10.4. The lowest BCUT2D eigenvalue weighted by Crippen LogP contribution is -2.45. The van der Waals surface area contributed by atoms with E-state index in [0.717, 1.165) is 6.42 Å². The van der Waals surface area contributed by atoms with Gasteiger partial charge in [0.05, 0.1) is 6.61 Å². The lowest BCUT2D eigenvalue weighted by molar-refractivity contribution is -0.144. The Hall–Kier alpha value is -0.610. The summed E-state index contributed by atoms with van der Waals surface area (Å²) in [5.74, 6) is 4.58. The van der Waals surface area contributed by atoms with E-state index in [2.05, 4.69) is 0 Å². The van der Waals surface area contributed by atoms with Crippen LogP contribution in [-0.4, -0.2) is 18.6 Å². The highest BCUT2D eigenvalue weighted by atomic mass is 16.5. The molecule has 0 aliphatic carbocycles. The Morgan fingerprint density at radius 1 is 1.88 bits per heavy atom. The summed E-state index contributed by atoms with van der Waals surface area (Å²) in [6.45, 7) is 0.679. The quantitative estimate of drug-likeness (QED) is 0.256. The Morgan fingerprint density at radius 3 is 2.62 bits per heavy atom. The molecule has 0 aromatic carbocycles. The first-order valence-electron chi connectivity index (χ1n) is 2.46. The molecule has 0 aromatic heterocycles. The van der Waals surface area contributed by atoms with E-state index in [0.29, 0.717) is 6.61 Å². The maximum Gasteiger partial charge on any atom is 0.263 e. The summed E-state index contributed by atoms with van der Waals surface area (Å²) < 4.78 is 4.79. The van der Waals surface area contributed by atoms with Crippen molar-refractivity contribution in [3.8, 4) is 0 Å². The SMILES string of the molecule is NNC(=O)C1CCO1. The van der Waals surface area contributed by atoms with E-state index in [9.17, 15) is 4.79 Å². The molecular formula is C4H8N2O2. The van der Waals surface area contributed by atoms with Crippen molar-refractivity contribution in [2.75, 3.05) is 6.61 Å². The van der Waals surface area contributed by atoms with Crippen LogP contribution in [-0.2, 0) is 9.53 Å². The third-order valence-corrected chi connectivity index (χ3v) is 1.13. The van der Waals surface area contributed by atoms with Crippen molar-refractivity contribution in [2.24, 2.45) is 5.84 Å². The maximum atomic E-state index is 10.4. The first kappa shape index (κ1) is 5.53. The summed E-state index contributed by atoms with van der Waals surface area (Å²) in [6, 6.07) is 0. The van der Waals surface area contributed by atoms with Gasteiger partial charge in [0, 0.05) is 6.42 Å². The van der Waals surface area contributed by atoms with Crippen LogP contribution in [0.3, 0.4) is 0 Å². The van der Waals surface area contributed by atoms with Gasteiger partial charge in [-0.15, -0.1) is 0 Å². The van der Waals surface area contributed by atoms with Gasteiger partial charge in [-0.3, -0.25) is 10.2 Å². The van der Waals surface area contributed by atoms with Crippen LogP contribution in [0.25, 0.3) is 0 Å². The highest BCUT2D eigenvalue weighted by Gasteiger charge is 2.24. The van der Waals surface area contributed by atoms with Crippen LogP contribution >= 0.6 is 0 Å². The first-order chi connectivity index (χ1) is 3.84. The number of amides is 1. The van der Waals surface area contributed by atoms with Gasteiger partial charge in [-0.25, -0.2) is 5.84 Å². The predicted molar refractivity (Wildman–Crippen MR) is 26.7 cm³/mol. The molecule has 1 aliphatic heterocycles. The number of ether oxygens (including phenoxy) is 1. The Labute approximate surface area is 47.0 Å². The second kappa shape index (κ2) is 2.11. The van der Waals surface area contributed by atoms with Gasteiger partial charge in [0.1, 0.15) is 6.10 Å². The molecule has 0 bridgehead atoms. The Bertz CT molecular complexity index is 100. The van der Waals surface area contributed by atoms with Gasteiger partial charge >= 0.3 is 0 Å². The average Bonchev–Trinajstić information content (AvgIpc) is 1.62. The van der Waals surface area contributed by atoms with Crippen molar-refractivity contribution in [1.29, 1.82) is 0 Å². The molecule has 1 atom stereocenters. The van der Waals surface area contributed by atoms with Gasteiger partial charge in [-0.1, -0.05) is 0 Å². The van der Waals surface area contributed by atoms with E-state index >= 15 is 0 Å². The topological polar surface area (TPSA) is 64.3 Å². The number of hydrogen-bond donors (Lipinski definition) is 2.